The van der Waals surface area contributed by atoms with Gasteiger partial charge in [0, 0.05) is 10.6 Å². The van der Waals surface area contributed by atoms with Gasteiger partial charge >= 0.3 is 0 Å². The zero-order valence-electron chi connectivity index (χ0n) is 12.4. The maximum atomic E-state index is 11.6. The molecule has 0 aliphatic carbocycles. The number of nitrogen functional groups attached to an aromatic ring is 1. The standard InChI is InChI=1S/C16H16Cl2N2O3/c1-2-22-14-8-11(16(21)20-19)7-13(18)15(14)23-9-10-3-5-12(17)6-4-10/h3-8H,2,9,19H2,1H3,(H,20,21). The maximum absolute atomic E-state index is 11.6. The molecule has 0 aliphatic rings. The van der Waals surface area contributed by atoms with Crippen LogP contribution in [-0.2, 0) is 6.61 Å². The summed E-state index contributed by atoms with van der Waals surface area (Å²) in [6.07, 6.45) is 0. The number of halogens is 2. The minimum absolute atomic E-state index is 0.267. The predicted octanol–water partition coefficient (Wildman–Crippen LogP) is 3.57. The third-order valence-electron chi connectivity index (χ3n) is 3.00. The van der Waals surface area contributed by atoms with E-state index in [9.17, 15) is 4.79 Å². The van der Waals surface area contributed by atoms with E-state index in [4.69, 9.17) is 38.5 Å². The van der Waals surface area contributed by atoms with Gasteiger partial charge in [0.1, 0.15) is 6.61 Å². The first kappa shape index (κ1) is 17.4. The second kappa shape index (κ2) is 8.06. The lowest BCUT2D eigenvalue weighted by molar-refractivity contribution is 0.0953. The summed E-state index contributed by atoms with van der Waals surface area (Å²) in [6.45, 7) is 2.52. The normalized spacial score (nSPS) is 10.3. The molecule has 0 aromatic heterocycles. The van der Waals surface area contributed by atoms with Gasteiger partial charge in [0.2, 0.25) is 0 Å². The van der Waals surface area contributed by atoms with Crippen molar-refractivity contribution in [2.45, 2.75) is 13.5 Å². The van der Waals surface area contributed by atoms with E-state index in [1.807, 2.05) is 19.1 Å². The van der Waals surface area contributed by atoms with Gasteiger partial charge in [-0.05, 0) is 36.8 Å². The SMILES string of the molecule is CCOc1cc(C(=O)NN)cc(Cl)c1OCc1ccc(Cl)cc1. The second-order valence-corrected chi connectivity index (χ2v) is 5.45. The van der Waals surface area contributed by atoms with Crippen LogP contribution in [0.3, 0.4) is 0 Å². The van der Waals surface area contributed by atoms with Gasteiger partial charge in [-0.3, -0.25) is 10.2 Å². The fraction of sp³-hybridized carbons (Fsp3) is 0.188. The first-order valence-corrected chi connectivity index (χ1v) is 7.65. The summed E-state index contributed by atoms with van der Waals surface area (Å²) >= 11 is 12.1. The van der Waals surface area contributed by atoms with Crippen molar-refractivity contribution < 1.29 is 14.3 Å². The van der Waals surface area contributed by atoms with Gasteiger partial charge in [0.25, 0.3) is 5.91 Å². The van der Waals surface area contributed by atoms with E-state index in [2.05, 4.69) is 5.43 Å². The highest BCUT2D eigenvalue weighted by Crippen LogP contribution is 2.37. The van der Waals surface area contributed by atoms with Crippen molar-refractivity contribution in [2.24, 2.45) is 5.84 Å². The van der Waals surface area contributed by atoms with Crippen LogP contribution in [0.15, 0.2) is 36.4 Å². The number of carbonyl (C=O) groups is 1. The van der Waals surface area contributed by atoms with Crippen molar-refractivity contribution in [1.82, 2.24) is 5.43 Å². The third-order valence-corrected chi connectivity index (χ3v) is 3.53. The molecule has 0 bridgehead atoms. The molecule has 2 aromatic carbocycles. The molecule has 0 unspecified atom stereocenters. The molecular formula is C16H16Cl2N2O3. The number of amides is 1. The molecule has 0 radical (unpaired) electrons. The Kier molecular flexibility index (Phi) is 6.10. The van der Waals surface area contributed by atoms with E-state index < -0.39 is 5.91 Å². The Balaban J connectivity index is 2.25. The summed E-state index contributed by atoms with van der Waals surface area (Å²) in [5, 5.41) is 0.919. The minimum atomic E-state index is -0.461. The predicted molar refractivity (Wildman–Crippen MR) is 90.1 cm³/mol. The van der Waals surface area contributed by atoms with Crippen LogP contribution < -0.4 is 20.7 Å². The minimum Gasteiger partial charge on any atom is -0.490 e. The summed E-state index contributed by atoms with van der Waals surface area (Å²) in [7, 11) is 0. The monoisotopic (exact) mass is 354 g/mol. The molecule has 0 saturated heterocycles. The summed E-state index contributed by atoms with van der Waals surface area (Å²) in [4.78, 5) is 11.6. The van der Waals surface area contributed by atoms with Gasteiger partial charge in [-0.25, -0.2) is 5.84 Å². The molecule has 0 spiro atoms. The molecule has 5 nitrogen and oxygen atoms in total. The van der Waals surface area contributed by atoms with Crippen molar-refractivity contribution in [1.29, 1.82) is 0 Å². The molecule has 3 N–H and O–H groups in total. The first-order chi connectivity index (χ1) is 11.0. The molecule has 0 aliphatic heterocycles. The van der Waals surface area contributed by atoms with Crippen molar-refractivity contribution in [3.63, 3.8) is 0 Å². The van der Waals surface area contributed by atoms with Crippen LogP contribution in [0.5, 0.6) is 11.5 Å². The van der Waals surface area contributed by atoms with Gasteiger partial charge in [-0.15, -0.1) is 0 Å². The van der Waals surface area contributed by atoms with Crippen molar-refractivity contribution >= 4 is 29.1 Å². The summed E-state index contributed by atoms with van der Waals surface area (Å²) in [5.74, 6) is 5.43. The number of rotatable bonds is 6. The number of hydrogen-bond donors (Lipinski definition) is 2. The molecule has 0 heterocycles. The van der Waals surface area contributed by atoms with Gasteiger partial charge < -0.3 is 9.47 Å². The van der Waals surface area contributed by atoms with Crippen molar-refractivity contribution in [2.75, 3.05) is 6.61 Å². The highest BCUT2D eigenvalue weighted by molar-refractivity contribution is 6.32. The topological polar surface area (TPSA) is 73.6 Å². The quantitative estimate of drug-likeness (QED) is 0.472. The van der Waals surface area contributed by atoms with Crippen LogP contribution in [0, 0.1) is 0 Å². The lowest BCUT2D eigenvalue weighted by atomic mass is 10.2. The molecule has 7 heteroatoms. The van der Waals surface area contributed by atoms with Crippen LogP contribution in [0.4, 0.5) is 0 Å². The largest absolute Gasteiger partial charge is 0.490 e. The second-order valence-electron chi connectivity index (χ2n) is 4.61. The molecule has 0 atom stereocenters. The van der Waals surface area contributed by atoms with Gasteiger partial charge in [0.15, 0.2) is 11.5 Å². The molecule has 1 amide bonds. The van der Waals surface area contributed by atoms with Gasteiger partial charge in [0.05, 0.1) is 11.6 Å². The molecule has 122 valence electrons. The molecule has 2 rings (SSSR count). The molecule has 0 saturated carbocycles. The van der Waals surface area contributed by atoms with Crippen LogP contribution in [0.1, 0.15) is 22.8 Å². The number of benzene rings is 2. The van der Waals surface area contributed by atoms with Crippen molar-refractivity contribution in [3.05, 3.63) is 57.6 Å². The Morgan fingerprint density at radius 1 is 1.17 bits per heavy atom. The van der Waals surface area contributed by atoms with Gasteiger partial charge in [-0.2, -0.15) is 0 Å². The average Bonchev–Trinajstić information content (AvgIpc) is 2.55. The Morgan fingerprint density at radius 3 is 2.48 bits per heavy atom. The van der Waals surface area contributed by atoms with Gasteiger partial charge in [-0.1, -0.05) is 35.3 Å². The number of ether oxygens (including phenoxy) is 2. The summed E-state index contributed by atoms with van der Waals surface area (Å²) in [6, 6.07) is 10.3. The van der Waals surface area contributed by atoms with E-state index in [-0.39, 0.29) is 5.02 Å². The van der Waals surface area contributed by atoms with E-state index in [1.165, 1.54) is 12.1 Å². The lowest BCUT2D eigenvalue weighted by Crippen LogP contribution is -2.30. The Bertz CT molecular complexity index is 690. The maximum Gasteiger partial charge on any atom is 0.265 e. The van der Waals surface area contributed by atoms with E-state index in [0.29, 0.717) is 35.3 Å². The number of hydrogen-bond acceptors (Lipinski definition) is 4. The first-order valence-electron chi connectivity index (χ1n) is 6.89. The Labute approximate surface area is 144 Å². The molecule has 2 aromatic rings. The number of nitrogens with one attached hydrogen (secondary N) is 1. The zero-order chi connectivity index (χ0) is 16.8. The van der Waals surface area contributed by atoms with Crippen LogP contribution in [0.2, 0.25) is 10.0 Å². The van der Waals surface area contributed by atoms with Crippen LogP contribution in [-0.4, -0.2) is 12.5 Å². The average molecular weight is 355 g/mol. The van der Waals surface area contributed by atoms with Crippen LogP contribution >= 0.6 is 23.2 Å². The number of carbonyl (C=O) groups excluding carboxylic acids is 1. The van der Waals surface area contributed by atoms with Crippen molar-refractivity contribution in [3.8, 4) is 11.5 Å². The zero-order valence-corrected chi connectivity index (χ0v) is 13.9. The molecule has 0 fully saturated rings. The lowest BCUT2D eigenvalue weighted by Gasteiger charge is -2.15. The smallest absolute Gasteiger partial charge is 0.265 e. The fourth-order valence-corrected chi connectivity index (χ4v) is 2.31. The molecular weight excluding hydrogens is 339 g/mol. The van der Waals surface area contributed by atoms with E-state index >= 15 is 0 Å². The van der Waals surface area contributed by atoms with Crippen LogP contribution in [0.25, 0.3) is 0 Å². The Hall–Kier alpha value is -1.95. The number of hydrazine groups is 1. The van der Waals surface area contributed by atoms with E-state index in [1.54, 1.807) is 12.1 Å². The summed E-state index contributed by atoms with van der Waals surface area (Å²) in [5.41, 5.74) is 3.27. The Morgan fingerprint density at radius 2 is 1.87 bits per heavy atom. The van der Waals surface area contributed by atoms with E-state index in [0.717, 1.165) is 5.56 Å². The summed E-state index contributed by atoms with van der Waals surface area (Å²) < 4.78 is 11.3. The molecule has 23 heavy (non-hydrogen) atoms. The highest BCUT2D eigenvalue weighted by atomic mass is 35.5. The third kappa shape index (κ3) is 4.51. The fourth-order valence-electron chi connectivity index (χ4n) is 1.92. The highest BCUT2D eigenvalue weighted by Gasteiger charge is 2.16. The number of nitrogens with two attached hydrogens (primary N) is 1.